The molecule has 486 valence electrons. The molecule has 3 unspecified atom stereocenters. The minimum Gasteiger partial charge on any atom is -0.462 e. The summed E-state index contributed by atoms with van der Waals surface area (Å²) in [5.41, 5.74) is 0. The molecule has 0 rings (SSSR count). The Bertz CT molecular complexity index is 1640. The summed E-state index contributed by atoms with van der Waals surface area (Å²) in [4.78, 5) is 72.1. The van der Waals surface area contributed by atoms with Crippen LogP contribution >= 0.6 is 15.6 Å². The van der Waals surface area contributed by atoms with Crippen molar-refractivity contribution in [2.45, 2.75) is 318 Å². The second kappa shape index (κ2) is 53.3. The number of hydrogen-bond donors (Lipinski definition) is 3. The Morgan fingerprint density at radius 1 is 0.305 bits per heavy atom. The standard InChI is InChI=1S/C63H122O17P2/c1-53(2)39-31-23-15-10-9-11-19-27-35-43-60(65)73-49-58(79-62(67)45-37-29-21-13-17-25-33-41-55(5)6)51-77-81(69,70)75-47-57(64)48-76-82(71,72)78-52-59(80-63(68)46-38-30-22-14-18-26-34-42-56(7)8)50-74-61(66)44-36-28-20-12-16-24-32-40-54(3)4/h53-59,64H,9-52H2,1-8H3,(H,69,70)(H,71,72)/t57?,58-,59-/m1/s1. The average Bonchev–Trinajstić information content (AvgIpc) is 3.42. The number of phosphoric ester groups is 2. The topological polar surface area (TPSA) is 237 Å². The van der Waals surface area contributed by atoms with Crippen LogP contribution in [-0.4, -0.2) is 96.7 Å². The number of unbranched alkanes of at least 4 members (excludes halogenated alkanes) is 26. The second-order valence-electron chi connectivity index (χ2n) is 24.7. The quantitative estimate of drug-likeness (QED) is 0.0222. The van der Waals surface area contributed by atoms with E-state index < -0.39 is 97.5 Å². The van der Waals surface area contributed by atoms with E-state index in [1.807, 2.05) is 0 Å². The number of hydrogen-bond acceptors (Lipinski definition) is 15. The zero-order valence-electron chi connectivity index (χ0n) is 53.1. The smallest absolute Gasteiger partial charge is 0.462 e. The molecule has 0 aromatic carbocycles. The largest absolute Gasteiger partial charge is 0.472 e. The third-order valence-corrected chi connectivity index (χ3v) is 16.2. The summed E-state index contributed by atoms with van der Waals surface area (Å²) in [5.74, 6) is 0.696. The van der Waals surface area contributed by atoms with Gasteiger partial charge in [-0.3, -0.25) is 37.3 Å². The SMILES string of the molecule is CC(C)CCCCCCCCCCCC(=O)OC[C@H](COP(=O)(O)OCC(O)COP(=O)(O)OC[C@@H](COC(=O)CCCCCCCCCC(C)C)OC(=O)CCCCCCCCCC(C)C)OC(=O)CCCCCCCCCC(C)C. The number of aliphatic hydroxyl groups is 1. The average molecular weight is 1210 g/mol. The monoisotopic (exact) mass is 1210 g/mol. The van der Waals surface area contributed by atoms with Gasteiger partial charge in [-0.05, 0) is 49.4 Å². The first-order chi connectivity index (χ1) is 39.1. The summed E-state index contributed by atoms with van der Waals surface area (Å²) in [7, 11) is -9.89. The van der Waals surface area contributed by atoms with Gasteiger partial charge in [-0.2, -0.15) is 0 Å². The number of carbonyl (C=O) groups is 4. The zero-order chi connectivity index (χ0) is 61.1. The molecule has 0 fully saturated rings. The fourth-order valence-corrected chi connectivity index (χ4v) is 10.8. The van der Waals surface area contributed by atoms with Gasteiger partial charge in [-0.1, -0.05) is 248 Å². The third-order valence-electron chi connectivity index (χ3n) is 14.3. The Morgan fingerprint density at radius 2 is 0.512 bits per heavy atom. The number of phosphoric acid groups is 2. The minimum atomic E-state index is -4.94. The van der Waals surface area contributed by atoms with Crippen LogP contribution in [-0.2, 0) is 65.4 Å². The van der Waals surface area contributed by atoms with Gasteiger partial charge in [0.05, 0.1) is 26.4 Å². The zero-order valence-corrected chi connectivity index (χ0v) is 54.9. The highest BCUT2D eigenvalue weighted by atomic mass is 31.2. The predicted octanol–water partition coefficient (Wildman–Crippen LogP) is 17.0. The molecule has 3 N–H and O–H groups in total. The van der Waals surface area contributed by atoms with Crippen molar-refractivity contribution in [2.75, 3.05) is 39.6 Å². The predicted molar refractivity (Wildman–Crippen MR) is 326 cm³/mol. The molecule has 5 atom stereocenters. The van der Waals surface area contributed by atoms with E-state index in [1.165, 1.54) is 96.3 Å². The van der Waals surface area contributed by atoms with Crippen molar-refractivity contribution in [1.82, 2.24) is 0 Å². The maximum atomic E-state index is 13.0. The van der Waals surface area contributed by atoms with E-state index in [1.54, 1.807) is 0 Å². The molecule has 82 heavy (non-hydrogen) atoms. The van der Waals surface area contributed by atoms with Crippen LogP contribution < -0.4 is 0 Å². The first kappa shape index (κ1) is 80.1. The highest BCUT2D eigenvalue weighted by Gasteiger charge is 2.30. The Kier molecular flexibility index (Phi) is 52.0. The molecule has 0 bridgehead atoms. The molecule has 0 aromatic rings. The molecular formula is C63H122O17P2. The third kappa shape index (κ3) is 57.2. The van der Waals surface area contributed by atoms with Gasteiger partial charge in [-0.25, -0.2) is 9.13 Å². The number of carbonyl (C=O) groups excluding carboxylic acids is 4. The summed E-state index contributed by atoms with van der Waals surface area (Å²) in [6.07, 6.45) is 32.4. The van der Waals surface area contributed by atoms with Gasteiger partial charge in [0, 0.05) is 25.7 Å². The molecule has 19 heteroatoms. The van der Waals surface area contributed by atoms with E-state index in [-0.39, 0.29) is 25.7 Å². The van der Waals surface area contributed by atoms with Gasteiger partial charge >= 0.3 is 39.5 Å². The fourth-order valence-electron chi connectivity index (χ4n) is 9.25. The number of ether oxygens (including phenoxy) is 4. The lowest BCUT2D eigenvalue weighted by Crippen LogP contribution is -2.30. The maximum Gasteiger partial charge on any atom is 0.472 e. The molecule has 0 aliphatic rings. The first-order valence-corrected chi connectivity index (χ1v) is 35.7. The summed E-state index contributed by atoms with van der Waals surface area (Å²) < 4.78 is 67.9. The van der Waals surface area contributed by atoms with E-state index in [0.717, 1.165) is 102 Å². The summed E-state index contributed by atoms with van der Waals surface area (Å²) in [6.45, 7) is 13.9. The van der Waals surface area contributed by atoms with E-state index in [4.69, 9.17) is 37.0 Å². The van der Waals surface area contributed by atoms with Crippen LogP contribution in [0, 0.1) is 23.7 Å². The molecule has 0 heterocycles. The first-order valence-electron chi connectivity index (χ1n) is 32.7. The highest BCUT2D eigenvalue weighted by Crippen LogP contribution is 2.45. The van der Waals surface area contributed by atoms with Crippen molar-refractivity contribution in [3.8, 4) is 0 Å². The lowest BCUT2D eigenvalue weighted by Gasteiger charge is -2.21. The van der Waals surface area contributed by atoms with Crippen molar-refractivity contribution in [3.63, 3.8) is 0 Å². The van der Waals surface area contributed by atoms with E-state index >= 15 is 0 Å². The van der Waals surface area contributed by atoms with Crippen LogP contribution in [0.3, 0.4) is 0 Å². The van der Waals surface area contributed by atoms with Crippen molar-refractivity contribution in [1.29, 1.82) is 0 Å². The van der Waals surface area contributed by atoms with E-state index in [9.17, 15) is 43.2 Å². The number of rotatable bonds is 60. The van der Waals surface area contributed by atoms with E-state index in [2.05, 4.69) is 55.4 Å². The molecule has 0 spiro atoms. The normalized spacial score (nSPS) is 14.5. The summed E-state index contributed by atoms with van der Waals surface area (Å²) in [6, 6.07) is 0. The lowest BCUT2D eigenvalue weighted by molar-refractivity contribution is -0.161. The summed E-state index contributed by atoms with van der Waals surface area (Å²) in [5, 5.41) is 10.5. The van der Waals surface area contributed by atoms with Crippen LogP contribution in [0.25, 0.3) is 0 Å². The Balaban J connectivity index is 5.24. The molecule has 0 aliphatic heterocycles. The highest BCUT2D eigenvalue weighted by molar-refractivity contribution is 7.47. The van der Waals surface area contributed by atoms with Gasteiger partial charge in [0.2, 0.25) is 0 Å². The van der Waals surface area contributed by atoms with Gasteiger partial charge in [0.25, 0.3) is 0 Å². The van der Waals surface area contributed by atoms with Crippen LogP contribution in [0.15, 0.2) is 0 Å². The van der Waals surface area contributed by atoms with Gasteiger partial charge in [0.1, 0.15) is 19.3 Å². The Morgan fingerprint density at radius 3 is 0.756 bits per heavy atom. The molecule has 0 amide bonds. The van der Waals surface area contributed by atoms with Crippen molar-refractivity contribution in [3.05, 3.63) is 0 Å². The molecule has 17 nitrogen and oxygen atoms in total. The number of esters is 4. The van der Waals surface area contributed by atoms with E-state index in [0.29, 0.717) is 43.4 Å². The van der Waals surface area contributed by atoms with Crippen molar-refractivity contribution < 1.29 is 80.2 Å². The molecular weight excluding hydrogens is 1090 g/mol. The van der Waals surface area contributed by atoms with Crippen LogP contribution in [0.5, 0.6) is 0 Å². The molecule has 0 saturated heterocycles. The molecule has 0 radical (unpaired) electrons. The van der Waals surface area contributed by atoms with Crippen LogP contribution in [0.4, 0.5) is 0 Å². The second-order valence-corrected chi connectivity index (χ2v) is 27.6. The van der Waals surface area contributed by atoms with Crippen LogP contribution in [0.1, 0.15) is 299 Å². The van der Waals surface area contributed by atoms with Crippen molar-refractivity contribution in [2.24, 2.45) is 23.7 Å². The van der Waals surface area contributed by atoms with Gasteiger partial charge in [0.15, 0.2) is 12.2 Å². The lowest BCUT2D eigenvalue weighted by atomic mass is 10.0. The molecule has 0 saturated carbocycles. The van der Waals surface area contributed by atoms with Gasteiger partial charge in [-0.15, -0.1) is 0 Å². The minimum absolute atomic E-state index is 0.102. The Labute approximate surface area is 498 Å². The number of aliphatic hydroxyl groups excluding tert-OH is 1. The summed E-state index contributed by atoms with van der Waals surface area (Å²) >= 11 is 0. The Hall–Kier alpha value is -1.94. The fraction of sp³-hybridized carbons (Fsp3) is 0.937. The molecule has 0 aromatic heterocycles. The maximum absolute atomic E-state index is 13.0. The van der Waals surface area contributed by atoms with Gasteiger partial charge < -0.3 is 33.8 Å². The van der Waals surface area contributed by atoms with Crippen molar-refractivity contribution >= 4 is 39.5 Å². The van der Waals surface area contributed by atoms with Crippen LogP contribution in [0.2, 0.25) is 0 Å². The molecule has 0 aliphatic carbocycles.